The summed E-state index contributed by atoms with van der Waals surface area (Å²) in [5.74, 6) is 0.377. The molecule has 2 aromatic rings. The van der Waals surface area contributed by atoms with Crippen LogP contribution in [0.25, 0.3) is 0 Å². The van der Waals surface area contributed by atoms with Crippen molar-refractivity contribution in [2.45, 2.75) is 5.92 Å². The van der Waals surface area contributed by atoms with Gasteiger partial charge < -0.3 is 20.3 Å². The molecule has 0 saturated carbocycles. The largest absolute Gasteiger partial charge is 0.506 e. The molecule has 6 heteroatoms. The molecule has 1 aliphatic heterocycles. The van der Waals surface area contributed by atoms with Crippen molar-refractivity contribution in [3.05, 3.63) is 64.0 Å². The second-order valence-electron chi connectivity index (χ2n) is 5.01. The molecule has 2 aromatic carbocycles. The van der Waals surface area contributed by atoms with Gasteiger partial charge in [-0.05, 0) is 12.1 Å². The number of nitriles is 1. The molecule has 1 heterocycles. The summed E-state index contributed by atoms with van der Waals surface area (Å²) >= 11 is 6.03. The first kappa shape index (κ1) is 15.1. The summed E-state index contributed by atoms with van der Waals surface area (Å²) in [6.07, 6.45) is 0. The van der Waals surface area contributed by atoms with E-state index >= 15 is 0 Å². The van der Waals surface area contributed by atoms with Gasteiger partial charge in [0.1, 0.15) is 28.9 Å². The van der Waals surface area contributed by atoms with Crippen LogP contribution in [0.3, 0.4) is 0 Å². The van der Waals surface area contributed by atoms with E-state index < -0.39 is 5.92 Å². The van der Waals surface area contributed by atoms with Crippen LogP contribution in [-0.4, -0.2) is 12.2 Å². The summed E-state index contributed by atoms with van der Waals surface area (Å²) < 4.78 is 10.9. The Morgan fingerprint density at radius 3 is 2.74 bits per heavy atom. The van der Waals surface area contributed by atoms with Crippen molar-refractivity contribution < 1.29 is 14.6 Å². The molecule has 1 unspecified atom stereocenters. The number of halogens is 1. The number of aromatic hydroxyl groups is 1. The van der Waals surface area contributed by atoms with Crippen molar-refractivity contribution in [2.24, 2.45) is 5.73 Å². The lowest BCUT2D eigenvalue weighted by molar-refractivity contribution is 0.383. The van der Waals surface area contributed by atoms with E-state index in [0.29, 0.717) is 17.1 Å². The highest BCUT2D eigenvalue weighted by Gasteiger charge is 2.33. The van der Waals surface area contributed by atoms with Gasteiger partial charge in [0.2, 0.25) is 5.88 Å². The molecule has 0 saturated heterocycles. The van der Waals surface area contributed by atoms with Gasteiger partial charge in [0.05, 0.1) is 18.1 Å². The lowest BCUT2D eigenvalue weighted by atomic mass is 9.83. The third kappa shape index (κ3) is 2.43. The summed E-state index contributed by atoms with van der Waals surface area (Å²) in [4.78, 5) is 0. The average molecular weight is 329 g/mol. The van der Waals surface area contributed by atoms with E-state index in [1.807, 2.05) is 18.2 Å². The van der Waals surface area contributed by atoms with E-state index in [-0.39, 0.29) is 22.2 Å². The summed E-state index contributed by atoms with van der Waals surface area (Å²) in [5.41, 5.74) is 7.56. The number of benzene rings is 2. The zero-order valence-corrected chi connectivity index (χ0v) is 13.0. The van der Waals surface area contributed by atoms with Crippen LogP contribution in [0.4, 0.5) is 0 Å². The number of nitrogens with two attached hydrogens (primary N) is 1. The second kappa shape index (κ2) is 5.75. The van der Waals surface area contributed by atoms with Crippen molar-refractivity contribution in [3.63, 3.8) is 0 Å². The summed E-state index contributed by atoms with van der Waals surface area (Å²) in [6.45, 7) is 0. The maximum Gasteiger partial charge on any atom is 0.205 e. The normalized spacial score (nSPS) is 16.3. The predicted octanol–water partition coefficient (Wildman–Crippen LogP) is 3.27. The molecule has 0 fully saturated rings. The van der Waals surface area contributed by atoms with Crippen molar-refractivity contribution in [3.8, 4) is 23.3 Å². The molecular formula is C17H13ClN2O3. The number of phenolic OH excluding ortho intramolecular Hbond substituents is 1. The molecule has 1 atom stereocenters. The quantitative estimate of drug-likeness (QED) is 0.883. The number of phenols is 1. The number of rotatable bonds is 2. The van der Waals surface area contributed by atoms with Crippen molar-refractivity contribution in [1.82, 2.24) is 0 Å². The Labute approximate surface area is 138 Å². The van der Waals surface area contributed by atoms with Crippen molar-refractivity contribution in [2.75, 3.05) is 7.11 Å². The van der Waals surface area contributed by atoms with Gasteiger partial charge in [0.15, 0.2) is 0 Å². The summed E-state index contributed by atoms with van der Waals surface area (Å²) in [5, 5.41) is 19.5. The maximum absolute atomic E-state index is 9.78. The second-order valence-corrected chi connectivity index (χ2v) is 5.42. The number of fused-ring (bicyclic) bond motifs is 1. The van der Waals surface area contributed by atoms with Gasteiger partial charge in [-0.15, -0.1) is 0 Å². The molecule has 3 rings (SSSR count). The number of nitrogens with zero attached hydrogens (tertiary/aromatic N) is 1. The van der Waals surface area contributed by atoms with Crippen LogP contribution in [0.1, 0.15) is 17.0 Å². The maximum atomic E-state index is 9.78. The van der Waals surface area contributed by atoms with Gasteiger partial charge in [-0.1, -0.05) is 29.8 Å². The molecule has 0 spiro atoms. The molecule has 116 valence electrons. The van der Waals surface area contributed by atoms with E-state index in [2.05, 4.69) is 6.07 Å². The molecule has 5 nitrogen and oxygen atoms in total. The van der Waals surface area contributed by atoms with E-state index in [4.69, 9.17) is 26.8 Å². The average Bonchev–Trinajstić information content (AvgIpc) is 2.55. The van der Waals surface area contributed by atoms with E-state index in [1.165, 1.54) is 6.07 Å². The number of para-hydroxylation sites is 1. The minimum absolute atomic E-state index is 0.00220. The number of ether oxygens (including phenoxy) is 2. The predicted molar refractivity (Wildman–Crippen MR) is 85.4 cm³/mol. The van der Waals surface area contributed by atoms with Crippen LogP contribution in [0.2, 0.25) is 5.02 Å². The zero-order chi connectivity index (χ0) is 16.6. The number of methoxy groups -OCH3 is 1. The van der Waals surface area contributed by atoms with E-state index in [1.54, 1.807) is 19.2 Å². The third-order valence-corrected chi connectivity index (χ3v) is 4.04. The number of hydrogen-bond donors (Lipinski definition) is 2. The molecule has 0 bridgehead atoms. The van der Waals surface area contributed by atoms with Crippen LogP contribution in [0.15, 0.2) is 47.9 Å². The van der Waals surface area contributed by atoms with E-state index in [0.717, 1.165) is 5.56 Å². The zero-order valence-electron chi connectivity index (χ0n) is 12.2. The lowest BCUT2D eigenvalue weighted by Gasteiger charge is -2.27. The van der Waals surface area contributed by atoms with Crippen LogP contribution < -0.4 is 15.2 Å². The fraction of sp³-hybridized carbons (Fsp3) is 0.118. The van der Waals surface area contributed by atoms with Crippen LogP contribution in [0.5, 0.6) is 17.2 Å². The molecule has 0 amide bonds. The standard InChI is InChI=1S/C17H13ClN2O3/c1-22-14-5-3-2-4-9(14)16-10-6-12(18)13(21)7-15(10)23-17(20)11(16)8-19/h2-7,16,21H,20H2,1H3. The van der Waals surface area contributed by atoms with Gasteiger partial charge in [0.25, 0.3) is 0 Å². The van der Waals surface area contributed by atoms with Crippen LogP contribution in [-0.2, 0) is 0 Å². The Hall–Kier alpha value is -2.84. The highest BCUT2D eigenvalue weighted by Crippen LogP contribution is 2.47. The summed E-state index contributed by atoms with van der Waals surface area (Å²) in [6, 6.07) is 12.4. The highest BCUT2D eigenvalue weighted by atomic mass is 35.5. The molecule has 0 radical (unpaired) electrons. The minimum atomic E-state index is -0.488. The highest BCUT2D eigenvalue weighted by molar-refractivity contribution is 6.32. The Morgan fingerprint density at radius 2 is 2.04 bits per heavy atom. The van der Waals surface area contributed by atoms with Gasteiger partial charge in [-0.25, -0.2) is 0 Å². The molecule has 1 aliphatic rings. The van der Waals surface area contributed by atoms with Crippen LogP contribution >= 0.6 is 11.6 Å². The number of allylic oxidation sites excluding steroid dienone is 1. The van der Waals surface area contributed by atoms with Crippen molar-refractivity contribution >= 4 is 11.6 Å². The Bertz CT molecular complexity index is 855. The van der Waals surface area contributed by atoms with Crippen molar-refractivity contribution in [1.29, 1.82) is 5.26 Å². The molecule has 23 heavy (non-hydrogen) atoms. The van der Waals surface area contributed by atoms with Crippen LogP contribution in [0, 0.1) is 11.3 Å². The topological polar surface area (TPSA) is 88.5 Å². The first-order chi connectivity index (χ1) is 11.1. The monoisotopic (exact) mass is 328 g/mol. The Kier molecular flexibility index (Phi) is 3.77. The SMILES string of the molecule is COc1ccccc1C1C(C#N)=C(N)Oc2cc(O)c(Cl)cc21. The van der Waals surface area contributed by atoms with E-state index in [9.17, 15) is 10.4 Å². The molecule has 0 aliphatic carbocycles. The Morgan fingerprint density at radius 1 is 1.30 bits per heavy atom. The first-order valence-corrected chi connectivity index (χ1v) is 7.17. The first-order valence-electron chi connectivity index (χ1n) is 6.79. The van der Waals surface area contributed by atoms with Gasteiger partial charge in [-0.2, -0.15) is 5.26 Å². The Balaban J connectivity index is 2.29. The lowest BCUT2D eigenvalue weighted by Crippen LogP contribution is -2.21. The molecule has 0 aromatic heterocycles. The smallest absolute Gasteiger partial charge is 0.205 e. The van der Waals surface area contributed by atoms with Gasteiger partial charge in [-0.3, -0.25) is 0 Å². The third-order valence-electron chi connectivity index (χ3n) is 3.73. The number of hydrogen-bond acceptors (Lipinski definition) is 5. The molecular weight excluding hydrogens is 316 g/mol. The minimum Gasteiger partial charge on any atom is -0.506 e. The molecule has 3 N–H and O–H groups in total. The summed E-state index contributed by atoms with van der Waals surface area (Å²) in [7, 11) is 1.56. The van der Waals surface area contributed by atoms with Gasteiger partial charge in [0, 0.05) is 17.2 Å². The fourth-order valence-electron chi connectivity index (χ4n) is 2.69. The van der Waals surface area contributed by atoms with Gasteiger partial charge >= 0.3 is 0 Å². The fourth-order valence-corrected chi connectivity index (χ4v) is 2.86.